The highest BCUT2D eigenvalue weighted by Crippen LogP contribution is 2.25. The van der Waals surface area contributed by atoms with Gasteiger partial charge in [-0.05, 0) is 12.1 Å². The number of ether oxygens (including phenoxy) is 3. The number of benzene rings is 1. The van der Waals surface area contributed by atoms with Gasteiger partial charge in [0.2, 0.25) is 0 Å². The molecule has 1 amide bonds. The highest BCUT2D eigenvalue weighted by molar-refractivity contribution is 5.99. The van der Waals surface area contributed by atoms with Gasteiger partial charge in [0.15, 0.2) is 0 Å². The van der Waals surface area contributed by atoms with Crippen LogP contribution in [0, 0.1) is 0 Å². The van der Waals surface area contributed by atoms with Gasteiger partial charge in [-0.25, -0.2) is 0 Å². The van der Waals surface area contributed by atoms with Crippen LogP contribution in [0.3, 0.4) is 0 Å². The smallest absolute Gasteiger partial charge is 0.250 e. The summed E-state index contributed by atoms with van der Waals surface area (Å²) in [6, 6.07) is 7.67. The molecule has 1 fully saturated rings. The van der Waals surface area contributed by atoms with Crippen LogP contribution in [0.1, 0.15) is 5.56 Å². The molecule has 1 aromatic rings. The summed E-state index contributed by atoms with van der Waals surface area (Å²) in [5.41, 5.74) is 1.56. The van der Waals surface area contributed by atoms with Crippen molar-refractivity contribution < 1.29 is 19.0 Å². The molecule has 0 aliphatic carbocycles. The Morgan fingerprint density at radius 1 is 1.30 bits per heavy atom. The number of carbonyl (C=O) groups is 1. The van der Waals surface area contributed by atoms with Crippen molar-refractivity contribution in [2.24, 2.45) is 0 Å². The van der Waals surface area contributed by atoms with E-state index in [0.29, 0.717) is 38.5 Å². The molecule has 0 radical (unpaired) electrons. The fourth-order valence-electron chi connectivity index (χ4n) is 2.22. The molecule has 2 heterocycles. The van der Waals surface area contributed by atoms with Crippen molar-refractivity contribution in [1.82, 2.24) is 5.32 Å². The predicted molar refractivity (Wildman–Crippen MR) is 73.5 cm³/mol. The lowest BCUT2D eigenvalue weighted by Crippen LogP contribution is -2.40. The van der Waals surface area contributed by atoms with Crippen molar-refractivity contribution in [2.45, 2.75) is 6.10 Å². The summed E-state index contributed by atoms with van der Waals surface area (Å²) in [6.45, 7) is 2.49. The van der Waals surface area contributed by atoms with Gasteiger partial charge in [0.25, 0.3) is 5.91 Å². The molecule has 1 atom stereocenters. The average Bonchev–Trinajstić information content (AvgIpc) is 2.53. The van der Waals surface area contributed by atoms with Crippen LogP contribution in [-0.2, 0) is 14.3 Å². The second kappa shape index (κ2) is 6.07. The lowest BCUT2D eigenvalue weighted by atomic mass is 10.1. The monoisotopic (exact) mass is 275 g/mol. The van der Waals surface area contributed by atoms with Crippen LogP contribution in [0.25, 0.3) is 6.08 Å². The van der Waals surface area contributed by atoms with Crippen molar-refractivity contribution in [2.75, 3.05) is 33.0 Å². The minimum atomic E-state index is -0.117. The van der Waals surface area contributed by atoms with Crippen LogP contribution in [0.4, 0.5) is 0 Å². The first-order chi connectivity index (χ1) is 9.83. The number of carbonyl (C=O) groups excluding carboxylic acids is 1. The summed E-state index contributed by atoms with van der Waals surface area (Å²) < 4.78 is 16.3. The minimum Gasteiger partial charge on any atom is -0.488 e. The lowest BCUT2D eigenvalue weighted by Gasteiger charge is -2.23. The van der Waals surface area contributed by atoms with E-state index < -0.39 is 0 Å². The Hall–Kier alpha value is -1.85. The fourth-order valence-corrected chi connectivity index (χ4v) is 2.22. The molecule has 0 bridgehead atoms. The molecule has 3 rings (SSSR count). The fraction of sp³-hybridized carbons (Fsp3) is 0.400. The molecule has 1 aromatic carbocycles. The van der Waals surface area contributed by atoms with Crippen LogP contribution in [-0.4, -0.2) is 45.0 Å². The Morgan fingerprint density at radius 3 is 3.05 bits per heavy atom. The maximum atomic E-state index is 12.1. The Labute approximate surface area is 117 Å². The van der Waals surface area contributed by atoms with Gasteiger partial charge in [0, 0.05) is 12.1 Å². The second-order valence-electron chi connectivity index (χ2n) is 4.77. The predicted octanol–water partition coefficient (Wildman–Crippen LogP) is 0.994. The topological polar surface area (TPSA) is 56.8 Å². The molecule has 5 nitrogen and oxygen atoms in total. The van der Waals surface area contributed by atoms with E-state index in [1.807, 2.05) is 30.3 Å². The first-order valence-electron chi connectivity index (χ1n) is 6.73. The highest BCUT2D eigenvalue weighted by Gasteiger charge is 2.19. The number of rotatable bonds is 3. The summed E-state index contributed by atoms with van der Waals surface area (Å²) in [7, 11) is 0. The summed E-state index contributed by atoms with van der Waals surface area (Å²) in [5.74, 6) is 0.696. The van der Waals surface area contributed by atoms with E-state index in [4.69, 9.17) is 14.2 Å². The van der Waals surface area contributed by atoms with E-state index in [-0.39, 0.29) is 12.0 Å². The van der Waals surface area contributed by atoms with Crippen LogP contribution in [0.2, 0.25) is 0 Å². The number of fused-ring (bicyclic) bond motifs is 1. The number of hydrogen-bond donors (Lipinski definition) is 1. The highest BCUT2D eigenvalue weighted by atomic mass is 16.6. The van der Waals surface area contributed by atoms with Gasteiger partial charge in [-0.1, -0.05) is 18.2 Å². The Kier molecular flexibility index (Phi) is 3.99. The summed E-state index contributed by atoms with van der Waals surface area (Å²) in [6.07, 6.45) is 1.80. The van der Waals surface area contributed by atoms with Crippen LogP contribution in [0.15, 0.2) is 29.8 Å². The summed E-state index contributed by atoms with van der Waals surface area (Å²) in [4.78, 5) is 12.1. The van der Waals surface area contributed by atoms with Gasteiger partial charge < -0.3 is 19.5 Å². The van der Waals surface area contributed by atoms with Crippen molar-refractivity contribution in [3.63, 3.8) is 0 Å². The van der Waals surface area contributed by atoms with Crippen molar-refractivity contribution in [1.29, 1.82) is 0 Å². The van der Waals surface area contributed by atoms with E-state index in [1.54, 1.807) is 0 Å². The first-order valence-corrected chi connectivity index (χ1v) is 6.73. The van der Waals surface area contributed by atoms with Crippen LogP contribution < -0.4 is 10.1 Å². The molecular formula is C15H17NO4. The normalized spacial score (nSPS) is 21.4. The number of nitrogens with one attached hydrogen (secondary N) is 1. The zero-order chi connectivity index (χ0) is 13.8. The third-order valence-electron chi connectivity index (χ3n) is 3.30. The lowest BCUT2D eigenvalue weighted by molar-refractivity contribution is -0.120. The summed E-state index contributed by atoms with van der Waals surface area (Å²) >= 11 is 0. The molecular weight excluding hydrogens is 258 g/mol. The largest absolute Gasteiger partial charge is 0.488 e. The molecule has 5 heteroatoms. The van der Waals surface area contributed by atoms with Crippen molar-refractivity contribution >= 4 is 12.0 Å². The van der Waals surface area contributed by atoms with Crippen molar-refractivity contribution in [3.8, 4) is 5.75 Å². The average molecular weight is 275 g/mol. The molecule has 0 saturated carbocycles. The molecule has 1 saturated heterocycles. The molecule has 0 spiro atoms. The Morgan fingerprint density at radius 2 is 2.20 bits per heavy atom. The molecule has 1 N–H and O–H groups in total. The molecule has 2 aliphatic heterocycles. The third-order valence-corrected chi connectivity index (χ3v) is 3.30. The third kappa shape index (κ3) is 3.00. The van der Waals surface area contributed by atoms with E-state index in [2.05, 4.69) is 5.32 Å². The first kappa shape index (κ1) is 13.1. The van der Waals surface area contributed by atoms with E-state index in [9.17, 15) is 4.79 Å². The summed E-state index contributed by atoms with van der Waals surface area (Å²) in [5, 5.41) is 2.86. The van der Waals surface area contributed by atoms with Gasteiger partial charge in [-0.2, -0.15) is 0 Å². The SMILES string of the molecule is O=C(NCC1COCCO1)C1=Cc2ccccc2OC1. The maximum Gasteiger partial charge on any atom is 0.250 e. The second-order valence-corrected chi connectivity index (χ2v) is 4.77. The van der Waals surface area contributed by atoms with Gasteiger partial charge in [0.1, 0.15) is 12.4 Å². The Balaban J connectivity index is 1.59. The molecule has 20 heavy (non-hydrogen) atoms. The molecule has 1 unspecified atom stereocenters. The molecule has 106 valence electrons. The zero-order valence-corrected chi connectivity index (χ0v) is 11.1. The Bertz CT molecular complexity index is 520. The van der Waals surface area contributed by atoms with Gasteiger partial charge in [-0.3, -0.25) is 4.79 Å². The number of para-hydroxylation sites is 1. The van der Waals surface area contributed by atoms with Gasteiger partial charge in [-0.15, -0.1) is 0 Å². The van der Waals surface area contributed by atoms with Crippen LogP contribution >= 0.6 is 0 Å². The quantitative estimate of drug-likeness (QED) is 0.894. The number of hydrogen-bond acceptors (Lipinski definition) is 4. The van der Waals surface area contributed by atoms with Crippen molar-refractivity contribution in [3.05, 3.63) is 35.4 Å². The van der Waals surface area contributed by atoms with Gasteiger partial charge >= 0.3 is 0 Å². The minimum absolute atomic E-state index is 0.0647. The number of amides is 1. The van der Waals surface area contributed by atoms with Gasteiger partial charge in [0.05, 0.1) is 31.5 Å². The van der Waals surface area contributed by atoms with E-state index >= 15 is 0 Å². The van der Waals surface area contributed by atoms with E-state index in [1.165, 1.54) is 0 Å². The molecule has 2 aliphatic rings. The van der Waals surface area contributed by atoms with Crippen LogP contribution in [0.5, 0.6) is 5.75 Å². The zero-order valence-electron chi connectivity index (χ0n) is 11.1. The standard InChI is InChI=1S/C15H17NO4/c17-15(16-8-13-10-18-5-6-19-13)12-7-11-3-1-2-4-14(11)20-9-12/h1-4,7,13H,5-6,8-10H2,(H,16,17). The van der Waals surface area contributed by atoms with E-state index in [0.717, 1.165) is 11.3 Å². The molecule has 0 aromatic heterocycles. The maximum absolute atomic E-state index is 12.1.